The molecule has 0 fully saturated rings. The first kappa shape index (κ1) is 16.0. The second kappa shape index (κ2) is 9.84. The first-order valence-electron chi connectivity index (χ1n) is 7.22. The van der Waals surface area contributed by atoms with Gasteiger partial charge in [-0.1, -0.05) is 36.4 Å². The van der Waals surface area contributed by atoms with Gasteiger partial charge in [0.2, 0.25) is 0 Å². The third-order valence-corrected chi connectivity index (χ3v) is 3.01. The monoisotopic (exact) mass is 271 g/mol. The number of nitrogens with two attached hydrogens (primary N) is 1. The summed E-state index contributed by atoms with van der Waals surface area (Å²) < 4.78 is 0. The van der Waals surface area contributed by atoms with E-state index in [2.05, 4.69) is 35.7 Å². The predicted molar refractivity (Wildman–Crippen MR) is 86.8 cm³/mol. The Morgan fingerprint density at radius 2 is 2.00 bits per heavy atom. The molecule has 0 atom stereocenters. The van der Waals surface area contributed by atoms with Crippen LogP contribution in [-0.2, 0) is 6.42 Å². The van der Waals surface area contributed by atoms with Crippen molar-refractivity contribution in [1.29, 1.82) is 5.41 Å². The van der Waals surface area contributed by atoms with E-state index in [9.17, 15) is 0 Å². The average molecular weight is 271 g/mol. The molecule has 0 saturated carbocycles. The highest BCUT2D eigenvalue weighted by Gasteiger charge is 1.94. The fourth-order valence-electron chi connectivity index (χ4n) is 1.98. The quantitative estimate of drug-likeness (QED) is 0.366. The first-order valence-corrected chi connectivity index (χ1v) is 7.22. The standard InChI is InChI=1S/C17H25N3/c1-2-20-17(19)13-16(14-18)12-8-4-7-11-15-9-5-3-6-10-15/h3,5-6,9-10,12-14,18,20H,2,4,7-8,11,19H2,1H3/b16-12-,17-13+,18-14?. The smallest absolute Gasteiger partial charge is 0.0966 e. The van der Waals surface area contributed by atoms with E-state index < -0.39 is 0 Å². The van der Waals surface area contributed by atoms with Gasteiger partial charge in [-0.15, -0.1) is 0 Å². The van der Waals surface area contributed by atoms with E-state index in [1.165, 1.54) is 11.8 Å². The van der Waals surface area contributed by atoms with Crippen molar-refractivity contribution < 1.29 is 0 Å². The topological polar surface area (TPSA) is 61.9 Å². The third-order valence-electron chi connectivity index (χ3n) is 3.01. The zero-order chi connectivity index (χ0) is 14.6. The highest BCUT2D eigenvalue weighted by molar-refractivity contribution is 5.79. The van der Waals surface area contributed by atoms with Crippen LogP contribution in [0.2, 0.25) is 0 Å². The SMILES string of the molecule is CCN/C(N)=C/C(C=N)=C/CCCCc1ccccc1. The molecule has 4 N–H and O–H groups in total. The molecule has 0 unspecified atom stereocenters. The lowest BCUT2D eigenvalue weighted by Crippen LogP contribution is -2.19. The maximum absolute atomic E-state index is 7.38. The molecule has 0 bridgehead atoms. The lowest BCUT2D eigenvalue weighted by Gasteiger charge is -2.03. The summed E-state index contributed by atoms with van der Waals surface area (Å²) in [5, 5.41) is 10.4. The van der Waals surface area contributed by atoms with Crippen molar-refractivity contribution in [3.63, 3.8) is 0 Å². The molecule has 0 radical (unpaired) electrons. The fourth-order valence-corrected chi connectivity index (χ4v) is 1.98. The lowest BCUT2D eigenvalue weighted by molar-refractivity contribution is 0.747. The maximum Gasteiger partial charge on any atom is 0.0966 e. The molecule has 0 aliphatic carbocycles. The van der Waals surface area contributed by atoms with Crippen LogP contribution in [0.15, 0.2) is 53.9 Å². The number of hydrogen-bond donors (Lipinski definition) is 3. The Labute approximate surface area is 122 Å². The van der Waals surface area contributed by atoms with Gasteiger partial charge in [-0.3, -0.25) is 0 Å². The van der Waals surface area contributed by atoms with E-state index in [-0.39, 0.29) is 0 Å². The molecular weight excluding hydrogens is 246 g/mol. The summed E-state index contributed by atoms with van der Waals surface area (Å²) in [5.74, 6) is 0.617. The summed E-state index contributed by atoms with van der Waals surface area (Å²) >= 11 is 0. The van der Waals surface area contributed by atoms with Crippen LogP contribution >= 0.6 is 0 Å². The summed E-state index contributed by atoms with van der Waals surface area (Å²) in [6.45, 7) is 2.79. The molecule has 0 aliphatic heterocycles. The molecule has 1 aromatic carbocycles. The van der Waals surface area contributed by atoms with E-state index in [0.717, 1.165) is 37.8 Å². The third kappa shape index (κ3) is 6.78. The minimum absolute atomic E-state index is 0.617. The van der Waals surface area contributed by atoms with E-state index >= 15 is 0 Å². The van der Waals surface area contributed by atoms with Crippen molar-refractivity contribution in [3.05, 3.63) is 59.4 Å². The van der Waals surface area contributed by atoms with E-state index in [0.29, 0.717) is 5.82 Å². The van der Waals surface area contributed by atoms with Gasteiger partial charge in [-0.05, 0) is 49.8 Å². The maximum atomic E-state index is 7.38. The second-order valence-corrected chi connectivity index (χ2v) is 4.71. The molecule has 0 heterocycles. The van der Waals surface area contributed by atoms with Gasteiger partial charge in [-0.2, -0.15) is 0 Å². The van der Waals surface area contributed by atoms with Crippen molar-refractivity contribution >= 4 is 6.21 Å². The van der Waals surface area contributed by atoms with Gasteiger partial charge in [0, 0.05) is 12.8 Å². The van der Waals surface area contributed by atoms with Gasteiger partial charge in [-0.25, -0.2) is 0 Å². The number of benzene rings is 1. The van der Waals surface area contributed by atoms with Gasteiger partial charge in [0.1, 0.15) is 0 Å². The van der Waals surface area contributed by atoms with Crippen LogP contribution in [0.5, 0.6) is 0 Å². The van der Waals surface area contributed by atoms with Gasteiger partial charge in [0.25, 0.3) is 0 Å². The minimum atomic E-state index is 0.617. The molecule has 20 heavy (non-hydrogen) atoms. The Balaban J connectivity index is 2.31. The molecule has 0 aromatic heterocycles. The second-order valence-electron chi connectivity index (χ2n) is 4.71. The molecule has 3 heteroatoms. The Morgan fingerprint density at radius 1 is 1.25 bits per heavy atom. The summed E-state index contributed by atoms with van der Waals surface area (Å²) in [5.41, 5.74) is 8.03. The van der Waals surface area contributed by atoms with E-state index in [4.69, 9.17) is 11.1 Å². The van der Waals surface area contributed by atoms with Crippen molar-refractivity contribution in [2.75, 3.05) is 6.54 Å². The van der Waals surface area contributed by atoms with Crippen LogP contribution < -0.4 is 11.1 Å². The molecule has 3 nitrogen and oxygen atoms in total. The average Bonchev–Trinajstić information content (AvgIpc) is 2.47. The Hall–Kier alpha value is -2.03. The van der Waals surface area contributed by atoms with Crippen LogP contribution in [-0.4, -0.2) is 12.8 Å². The van der Waals surface area contributed by atoms with Crippen molar-refractivity contribution in [2.24, 2.45) is 5.73 Å². The summed E-state index contributed by atoms with van der Waals surface area (Å²) in [6.07, 6.45) is 9.62. The largest absolute Gasteiger partial charge is 0.386 e. The lowest BCUT2D eigenvalue weighted by atomic mass is 10.1. The number of nitrogens with one attached hydrogen (secondary N) is 2. The molecule has 1 aromatic rings. The van der Waals surface area contributed by atoms with Crippen molar-refractivity contribution in [3.8, 4) is 0 Å². The highest BCUT2D eigenvalue weighted by Crippen LogP contribution is 2.08. The Bertz CT molecular complexity index is 447. The molecule has 108 valence electrons. The van der Waals surface area contributed by atoms with Crippen molar-refractivity contribution in [2.45, 2.75) is 32.6 Å². The zero-order valence-electron chi connectivity index (χ0n) is 12.2. The number of unbranched alkanes of at least 4 members (excludes halogenated alkanes) is 2. The minimum Gasteiger partial charge on any atom is -0.386 e. The van der Waals surface area contributed by atoms with E-state index in [1.807, 2.05) is 19.1 Å². The first-order chi connectivity index (χ1) is 9.76. The number of aryl methyl sites for hydroxylation is 1. The molecule has 0 saturated heterocycles. The van der Waals surface area contributed by atoms with Gasteiger partial charge < -0.3 is 16.5 Å². The molecule has 1 rings (SSSR count). The molecular formula is C17H25N3. The molecule has 0 spiro atoms. The Kier molecular flexibility index (Phi) is 7.89. The highest BCUT2D eigenvalue weighted by atomic mass is 15.0. The fraction of sp³-hybridized carbons (Fsp3) is 0.353. The number of allylic oxidation sites excluding steroid dienone is 3. The van der Waals surface area contributed by atoms with Gasteiger partial charge in [0.05, 0.1) is 5.82 Å². The summed E-state index contributed by atoms with van der Waals surface area (Å²) in [6, 6.07) is 10.5. The van der Waals surface area contributed by atoms with Crippen molar-refractivity contribution in [1.82, 2.24) is 5.32 Å². The van der Waals surface area contributed by atoms with Crippen LogP contribution in [0, 0.1) is 5.41 Å². The Morgan fingerprint density at radius 3 is 2.65 bits per heavy atom. The summed E-state index contributed by atoms with van der Waals surface area (Å²) in [7, 11) is 0. The normalized spacial score (nSPS) is 12.2. The van der Waals surface area contributed by atoms with Crippen LogP contribution in [0.25, 0.3) is 0 Å². The number of rotatable bonds is 9. The molecule has 0 aliphatic rings. The van der Waals surface area contributed by atoms with Gasteiger partial charge in [0.15, 0.2) is 0 Å². The number of hydrogen-bond acceptors (Lipinski definition) is 3. The zero-order valence-corrected chi connectivity index (χ0v) is 12.2. The van der Waals surface area contributed by atoms with E-state index in [1.54, 1.807) is 0 Å². The van der Waals surface area contributed by atoms with Gasteiger partial charge >= 0.3 is 0 Å². The van der Waals surface area contributed by atoms with Crippen LogP contribution in [0.1, 0.15) is 31.7 Å². The molecule has 0 amide bonds. The van der Waals surface area contributed by atoms with Crippen LogP contribution in [0.4, 0.5) is 0 Å². The van der Waals surface area contributed by atoms with Crippen LogP contribution in [0.3, 0.4) is 0 Å². The predicted octanol–water partition coefficient (Wildman–Crippen LogP) is 3.38. The summed E-state index contributed by atoms with van der Waals surface area (Å²) in [4.78, 5) is 0.